The fraction of sp³-hybridized carbons (Fsp3) is 0.111. The topological polar surface area (TPSA) is 103 Å². The molecule has 0 aliphatic carbocycles. The molecule has 0 bridgehead atoms. The number of nitrogens with one attached hydrogen (secondary N) is 1. The Labute approximate surface area is 175 Å². The molecule has 10 heteroatoms. The van der Waals surface area contributed by atoms with Crippen LogP contribution in [0.15, 0.2) is 53.7 Å². The number of benzene rings is 2. The van der Waals surface area contributed by atoms with Gasteiger partial charge in [-0.05, 0) is 23.8 Å². The first kappa shape index (κ1) is 20.2. The Morgan fingerprint density at radius 3 is 2.54 bits per heavy atom. The van der Waals surface area contributed by atoms with Crippen molar-refractivity contribution >= 4 is 46.9 Å². The molecule has 0 saturated heterocycles. The van der Waals surface area contributed by atoms with E-state index in [1.807, 2.05) is 40.2 Å². The molecule has 0 saturated carbocycles. The molecule has 3 amide bonds. The van der Waals surface area contributed by atoms with Gasteiger partial charge >= 0.3 is 6.03 Å². The SMILES string of the molecule is NC(=O)NC(=O)CSc1nnc(-c2ccc(Cl)cc2Cl)n1Cc1ccccc1. The van der Waals surface area contributed by atoms with Crippen LogP contribution in [-0.4, -0.2) is 32.5 Å². The second-order valence-corrected chi connectivity index (χ2v) is 7.49. The molecule has 1 aromatic heterocycles. The number of nitrogens with zero attached hydrogens (tertiary/aromatic N) is 3. The summed E-state index contributed by atoms with van der Waals surface area (Å²) in [6.07, 6.45) is 0. The van der Waals surface area contributed by atoms with Gasteiger partial charge in [-0.1, -0.05) is 65.3 Å². The lowest BCUT2D eigenvalue weighted by Crippen LogP contribution is -2.36. The molecule has 144 valence electrons. The van der Waals surface area contributed by atoms with E-state index >= 15 is 0 Å². The summed E-state index contributed by atoms with van der Waals surface area (Å²) in [7, 11) is 0. The Morgan fingerprint density at radius 1 is 1.11 bits per heavy atom. The molecule has 0 atom stereocenters. The molecular weight excluding hydrogens is 421 g/mol. The summed E-state index contributed by atoms with van der Waals surface area (Å²) in [6, 6.07) is 14.0. The molecule has 0 unspecified atom stereocenters. The van der Waals surface area contributed by atoms with E-state index in [0.717, 1.165) is 17.3 Å². The van der Waals surface area contributed by atoms with Crippen LogP contribution in [0, 0.1) is 0 Å². The highest BCUT2D eigenvalue weighted by Crippen LogP contribution is 2.32. The minimum atomic E-state index is -0.898. The van der Waals surface area contributed by atoms with E-state index in [1.54, 1.807) is 18.2 Å². The summed E-state index contributed by atoms with van der Waals surface area (Å²) in [6.45, 7) is 0.474. The van der Waals surface area contributed by atoms with Gasteiger partial charge in [-0.25, -0.2) is 4.79 Å². The highest BCUT2D eigenvalue weighted by molar-refractivity contribution is 7.99. The number of carbonyl (C=O) groups excluding carboxylic acids is 2. The molecule has 28 heavy (non-hydrogen) atoms. The normalized spacial score (nSPS) is 10.6. The van der Waals surface area contributed by atoms with Crippen LogP contribution in [0.2, 0.25) is 10.0 Å². The number of rotatable bonds is 6. The smallest absolute Gasteiger partial charge is 0.318 e. The second-order valence-electron chi connectivity index (χ2n) is 5.70. The van der Waals surface area contributed by atoms with Crippen molar-refractivity contribution in [1.29, 1.82) is 0 Å². The first-order valence-electron chi connectivity index (χ1n) is 8.08. The maximum Gasteiger partial charge on any atom is 0.318 e. The van der Waals surface area contributed by atoms with Crippen LogP contribution < -0.4 is 11.1 Å². The average Bonchev–Trinajstić information content (AvgIpc) is 3.03. The molecule has 3 aromatic rings. The van der Waals surface area contributed by atoms with Crippen LogP contribution in [-0.2, 0) is 11.3 Å². The van der Waals surface area contributed by atoms with Crippen LogP contribution >= 0.6 is 35.0 Å². The molecule has 1 heterocycles. The lowest BCUT2D eigenvalue weighted by Gasteiger charge is -2.11. The monoisotopic (exact) mass is 435 g/mol. The lowest BCUT2D eigenvalue weighted by atomic mass is 10.2. The standard InChI is InChI=1S/C18H15Cl2N5O2S/c19-12-6-7-13(14(20)8-12)16-23-24-18(28-10-15(26)22-17(21)27)25(16)9-11-4-2-1-3-5-11/h1-8H,9-10H2,(H3,21,22,26,27). The summed E-state index contributed by atoms with van der Waals surface area (Å²) in [5.74, 6) is -0.00863. The van der Waals surface area contributed by atoms with Gasteiger partial charge in [0.1, 0.15) is 0 Å². The van der Waals surface area contributed by atoms with E-state index in [1.165, 1.54) is 0 Å². The van der Waals surface area contributed by atoms with E-state index in [0.29, 0.717) is 33.1 Å². The molecule has 0 fully saturated rings. The molecule has 3 rings (SSSR count). The number of imide groups is 1. The maximum absolute atomic E-state index is 11.7. The number of urea groups is 1. The van der Waals surface area contributed by atoms with E-state index in [2.05, 4.69) is 10.2 Å². The summed E-state index contributed by atoms with van der Waals surface area (Å²) in [5, 5.41) is 11.9. The number of halogens is 2. The van der Waals surface area contributed by atoms with E-state index in [-0.39, 0.29) is 5.75 Å². The number of amides is 3. The van der Waals surface area contributed by atoms with Crippen molar-refractivity contribution in [2.75, 3.05) is 5.75 Å². The highest BCUT2D eigenvalue weighted by Gasteiger charge is 2.18. The Bertz CT molecular complexity index is 1010. The third kappa shape index (κ3) is 5.03. The zero-order valence-corrected chi connectivity index (χ0v) is 16.8. The molecule has 0 radical (unpaired) electrons. The van der Waals surface area contributed by atoms with Crippen LogP contribution in [0.1, 0.15) is 5.56 Å². The summed E-state index contributed by atoms with van der Waals surface area (Å²) in [4.78, 5) is 22.5. The fourth-order valence-electron chi connectivity index (χ4n) is 2.48. The van der Waals surface area contributed by atoms with E-state index in [4.69, 9.17) is 28.9 Å². The molecule has 0 spiro atoms. The Hall–Kier alpha value is -2.55. The van der Waals surface area contributed by atoms with Gasteiger partial charge in [0, 0.05) is 10.6 Å². The number of carbonyl (C=O) groups is 2. The third-order valence-corrected chi connectivity index (χ3v) is 5.18. The van der Waals surface area contributed by atoms with Gasteiger partial charge in [0.05, 0.1) is 17.3 Å². The Balaban J connectivity index is 1.94. The van der Waals surface area contributed by atoms with Crippen molar-refractivity contribution in [3.8, 4) is 11.4 Å². The van der Waals surface area contributed by atoms with Crippen LogP contribution in [0.3, 0.4) is 0 Å². The predicted octanol–water partition coefficient (Wildman–Crippen LogP) is 3.59. The van der Waals surface area contributed by atoms with Gasteiger partial charge in [-0.3, -0.25) is 14.7 Å². The van der Waals surface area contributed by atoms with Gasteiger partial charge in [0.25, 0.3) is 0 Å². The minimum absolute atomic E-state index is 0.0375. The summed E-state index contributed by atoms with van der Waals surface area (Å²) >= 11 is 13.5. The van der Waals surface area contributed by atoms with Crippen molar-refractivity contribution < 1.29 is 9.59 Å². The highest BCUT2D eigenvalue weighted by atomic mass is 35.5. The van der Waals surface area contributed by atoms with Gasteiger partial charge < -0.3 is 5.73 Å². The van der Waals surface area contributed by atoms with Crippen molar-refractivity contribution in [2.24, 2.45) is 5.73 Å². The quantitative estimate of drug-likeness (QED) is 0.575. The summed E-state index contributed by atoms with van der Waals surface area (Å²) in [5.41, 5.74) is 6.66. The number of hydrogen-bond donors (Lipinski definition) is 2. The van der Waals surface area contributed by atoms with Crippen LogP contribution in [0.4, 0.5) is 4.79 Å². The van der Waals surface area contributed by atoms with Crippen molar-refractivity contribution in [3.63, 3.8) is 0 Å². The number of thioether (sulfide) groups is 1. The van der Waals surface area contributed by atoms with Gasteiger partial charge in [0.15, 0.2) is 11.0 Å². The summed E-state index contributed by atoms with van der Waals surface area (Å²) < 4.78 is 1.85. The first-order valence-corrected chi connectivity index (χ1v) is 9.83. The first-order chi connectivity index (χ1) is 13.4. The van der Waals surface area contributed by atoms with Gasteiger partial charge in [-0.2, -0.15) is 0 Å². The number of nitrogens with two attached hydrogens (primary N) is 1. The Kier molecular flexibility index (Phi) is 6.56. The average molecular weight is 436 g/mol. The van der Waals surface area contributed by atoms with Gasteiger partial charge in [-0.15, -0.1) is 10.2 Å². The third-order valence-electron chi connectivity index (χ3n) is 3.67. The molecule has 7 nitrogen and oxygen atoms in total. The van der Waals surface area contributed by atoms with Crippen LogP contribution in [0.25, 0.3) is 11.4 Å². The predicted molar refractivity (Wildman–Crippen MR) is 109 cm³/mol. The number of primary amides is 1. The van der Waals surface area contributed by atoms with Crippen LogP contribution in [0.5, 0.6) is 0 Å². The van der Waals surface area contributed by atoms with Gasteiger partial charge in [0.2, 0.25) is 5.91 Å². The Morgan fingerprint density at radius 2 is 1.86 bits per heavy atom. The molecule has 0 aliphatic rings. The van der Waals surface area contributed by atoms with E-state index in [9.17, 15) is 9.59 Å². The molecule has 0 aliphatic heterocycles. The fourth-order valence-corrected chi connectivity index (χ4v) is 3.71. The number of hydrogen-bond acceptors (Lipinski definition) is 5. The van der Waals surface area contributed by atoms with E-state index < -0.39 is 11.9 Å². The maximum atomic E-state index is 11.7. The largest absolute Gasteiger partial charge is 0.351 e. The van der Waals surface area contributed by atoms with Crippen molar-refractivity contribution in [1.82, 2.24) is 20.1 Å². The molecule has 3 N–H and O–H groups in total. The zero-order chi connectivity index (χ0) is 20.1. The molecule has 2 aromatic carbocycles. The minimum Gasteiger partial charge on any atom is -0.351 e. The molecular formula is C18H15Cl2N5O2S. The second kappa shape index (κ2) is 9.09. The van der Waals surface area contributed by atoms with Crippen molar-refractivity contribution in [2.45, 2.75) is 11.7 Å². The lowest BCUT2D eigenvalue weighted by molar-refractivity contribution is -0.117. The number of aromatic nitrogens is 3. The zero-order valence-electron chi connectivity index (χ0n) is 14.4. The van der Waals surface area contributed by atoms with Crippen molar-refractivity contribution in [3.05, 3.63) is 64.1 Å².